The number of carbonyl (C=O) groups excluding carboxylic acids is 1. The third kappa shape index (κ3) is 1.93. The van der Waals surface area contributed by atoms with E-state index in [1.54, 1.807) is 24.5 Å². The molecule has 0 unspecified atom stereocenters. The first kappa shape index (κ1) is 11.7. The zero-order valence-corrected chi connectivity index (χ0v) is 10.8. The Morgan fingerprint density at radius 3 is 2.79 bits per heavy atom. The summed E-state index contributed by atoms with van der Waals surface area (Å²) in [5.41, 5.74) is 3.32. The lowest BCUT2D eigenvalue weighted by atomic mass is 10.1. The molecule has 19 heavy (non-hydrogen) atoms. The molecule has 3 rings (SSSR count). The highest BCUT2D eigenvalue weighted by atomic mass is 16.3. The number of furan rings is 1. The van der Waals surface area contributed by atoms with Crippen LogP contribution in [0.5, 0.6) is 0 Å². The van der Waals surface area contributed by atoms with Gasteiger partial charge in [-0.15, -0.1) is 0 Å². The first-order valence-corrected chi connectivity index (χ1v) is 6.11. The first-order valence-electron chi connectivity index (χ1n) is 6.11. The van der Waals surface area contributed by atoms with Gasteiger partial charge in [0, 0.05) is 28.9 Å². The van der Waals surface area contributed by atoms with Crippen LogP contribution in [0, 0.1) is 13.8 Å². The third-order valence-corrected chi connectivity index (χ3v) is 3.22. The molecule has 1 aromatic carbocycles. The monoisotopic (exact) mass is 251 g/mol. The topological polar surface area (TPSA) is 43.1 Å². The highest BCUT2D eigenvalue weighted by molar-refractivity contribution is 6.10. The van der Waals surface area contributed by atoms with Gasteiger partial charge in [-0.25, -0.2) is 0 Å². The van der Waals surface area contributed by atoms with Crippen LogP contribution in [0.4, 0.5) is 0 Å². The summed E-state index contributed by atoms with van der Waals surface area (Å²) in [7, 11) is 0. The van der Waals surface area contributed by atoms with Crippen molar-refractivity contribution in [2.75, 3.05) is 0 Å². The van der Waals surface area contributed by atoms with Crippen molar-refractivity contribution in [1.29, 1.82) is 0 Å². The van der Waals surface area contributed by atoms with E-state index in [0.29, 0.717) is 11.3 Å². The minimum absolute atomic E-state index is 0.126. The number of hydrogen-bond acceptors (Lipinski definition) is 3. The molecule has 3 nitrogen and oxygen atoms in total. The van der Waals surface area contributed by atoms with Crippen LogP contribution >= 0.6 is 0 Å². The van der Waals surface area contributed by atoms with E-state index in [4.69, 9.17) is 4.42 Å². The van der Waals surface area contributed by atoms with Crippen molar-refractivity contribution in [2.45, 2.75) is 13.8 Å². The molecular formula is C16H13NO2. The van der Waals surface area contributed by atoms with Crippen LogP contribution in [0.25, 0.3) is 11.0 Å². The van der Waals surface area contributed by atoms with E-state index in [1.165, 1.54) is 0 Å². The summed E-state index contributed by atoms with van der Waals surface area (Å²) in [6, 6.07) is 9.40. The Balaban J connectivity index is 2.16. The van der Waals surface area contributed by atoms with Crippen LogP contribution in [0.1, 0.15) is 27.2 Å². The van der Waals surface area contributed by atoms with E-state index in [0.717, 1.165) is 22.1 Å². The maximum Gasteiger partial charge on any atom is 0.230 e. The van der Waals surface area contributed by atoms with Crippen molar-refractivity contribution >= 4 is 16.8 Å². The Hall–Kier alpha value is -2.42. The summed E-state index contributed by atoms with van der Waals surface area (Å²) in [4.78, 5) is 16.4. The Kier molecular flexibility index (Phi) is 2.67. The number of pyridine rings is 1. The molecule has 0 saturated carbocycles. The summed E-state index contributed by atoms with van der Waals surface area (Å²) in [5.74, 6) is 0.271. The van der Waals surface area contributed by atoms with Crippen LogP contribution in [-0.4, -0.2) is 10.8 Å². The normalized spacial score (nSPS) is 10.8. The lowest BCUT2D eigenvalue weighted by Gasteiger charge is -1.97. The molecule has 0 amide bonds. The molecule has 0 aliphatic heterocycles. The molecule has 0 aliphatic rings. The molecule has 0 radical (unpaired) electrons. The lowest BCUT2D eigenvalue weighted by molar-refractivity contribution is 0.101. The average Bonchev–Trinajstić information content (AvgIpc) is 2.76. The number of benzene rings is 1. The Morgan fingerprint density at radius 1 is 1.21 bits per heavy atom. The van der Waals surface area contributed by atoms with E-state index in [1.807, 2.05) is 32.0 Å². The second-order valence-electron chi connectivity index (χ2n) is 4.63. The number of ketones is 1. The number of hydrogen-bond donors (Lipinski definition) is 0. The van der Waals surface area contributed by atoms with Gasteiger partial charge >= 0.3 is 0 Å². The fourth-order valence-electron chi connectivity index (χ4n) is 2.18. The quantitative estimate of drug-likeness (QED) is 0.652. The molecule has 0 aliphatic carbocycles. The summed E-state index contributed by atoms with van der Waals surface area (Å²) in [6.45, 7) is 3.93. The molecule has 0 fully saturated rings. The van der Waals surface area contributed by atoms with E-state index in [-0.39, 0.29) is 5.78 Å². The minimum Gasteiger partial charge on any atom is -0.452 e. The highest BCUT2D eigenvalue weighted by Crippen LogP contribution is 2.27. The van der Waals surface area contributed by atoms with Gasteiger partial charge < -0.3 is 4.42 Å². The van der Waals surface area contributed by atoms with Crippen molar-refractivity contribution in [3.63, 3.8) is 0 Å². The second kappa shape index (κ2) is 4.35. The number of aromatic nitrogens is 1. The lowest BCUT2D eigenvalue weighted by Crippen LogP contribution is -2.01. The van der Waals surface area contributed by atoms with Crippen molar-refractivity contribution in [1.82, 2.24) is 4.98 Å². The van der Waals surface area contributed by atoms with Gasteiger partial charge in [0.05, 0.1) is 0 Å². The standard InChI is InChI=1S/C16H13NO2/c1-10-5-6-14-13(8-10)11(2)16(19-14)15(18)12-4-3-7-17-9-12/h3-9H,1-2H3. The van der Waals surface area contributed by atoms with Crippen LogP contribution < -0.4 is 0 Å². The van der Waals surface area contributed by atoms with Gasteiger partial charge in [0.15, 0.2) is 5.76 Å². The van der Waals surface area contributed by atoms with Gasteiger partial charge in [0.2, 0.25) is 5.78 Å². The predicted molar refractivity (Wildman–Crippen MR) is 73.4 cm³/mol. The molecule has 2 aromatic heterocycles. The fraction of sp³-hybridized carbons (Fsp3) is 0.125. The second-order valence-corrected chi connectivity index (χ2v) is 4.63. The molecule has 94 valence electrons. The predicted octanol–water partition coefficient (Wildman–Crippen LogP) is 3.68. The number of rotatable bonds is 2. The smallest absolute Gasteiger partial charge is 0.230 e. The number of carbonyl (C=O) groups is 1. The van der Waals surface area contributed by atoms with Crippen molar-refractivity contribution in [3.8, 4) is 0 Å². The fourth-order valence-corrected chi connectivity index (χ4v) is 2.18. The Morgan fingerprint density at radius 2 is 2.05 bits per heavy atom. The van der Waals surface area contributed by atoms with Gasteiger partial charge in [-0.2, -0.15) is 0 Å². The molecule has 0 spiro atoms. The zero-order valence-electron chi connectivity index (χ0n) is 10.8. The Bertz CT molecular complexity index is 757. The van der Waals surface area contributed by atoms with Crippen LogP contribution in [0.15, 0.2) is 47.1 Å². The van der Waals surface area contributed by atoms with Crippen molar-refractivity contribution < 1.29 is 9.21 Å². The van der Waals surface area contributed by atoms with E-state index in [9.17, 15) is 4.79 Å². The average molecular weight is 251 g/mol. The van der Waals surface area contributed by atoms with E-state index >= 15 is 0 Å². The van der Waals surface area contributed by atoms with Crippen LogP contribution in [0.3, 0.4) is 0 Å². The zero-order chi connectivity index (χ0) is 13.4. The third-order valence-electron chi connectivity index (χ3n) is 3.22. The number of nitrogens with zero attached hydrogens (tertiary/aromatic N) is 1. The van der Waals surface area contributed by atoms with Gasteiger partial charge in [0.1, 0.15) is 5.58 Å². The van der Waals surface area contributed by atoms with Crippen LogP contribution in [0.2, 0.25) is 0 Å². The molecule has 0 atom stereocenters. The van der Waals surface area contributed by atoms with Gasteiger partial charge in [0.25, 0.3) is 0 Å². The molecular weight excluding hydrogens is 238 g/mol. The maximum atomic E-state index is 12.4. The number of aryl methyl sites for hydroxylation is 2. The van der Waals surface area contributed by atoms with Gasteiger partial charge in [-0.3, -0.25) is 9.78 Å². The summed E-state index contributed by atoms with van der Waals surface area (Å²) < 4.78 is 5.69. The molecule has 2 heterocycles. The molecule has 0 N–H and O–H groups in total. The maximum absolute atomic E-state index is 12.4. The van der Waals surface area contributed by atoms with Gasteiger partial charge in [-0.1, -0.05) is 11.6 Å². The molecule has 3 heteroatoms. The van der Waals surface area contributed by atoms with Gasteiger partial charge in [-0.05, 0) is 38.1 Å². The molecule has 3 aromatic rings. The molecule has 0 bridgehead atoms. The summed E-state index contributed by atoms with van der Waals surface area (Å²) >= 11 is 0. The number of fused-ring (bicyclic) bond motifs is 1. The highest BCUT2D eigenvalue weighted by Gasteiger charge is 2.19. The Labute approximate surface area is 110 Å². The minimum atomic E-state index is -0.126. The summed E-state index contributed by atoms with van der Waals surface area (Å²) in [5, 5.41) is 0.993. The van der Waals surface area contributed by atoms with Crippen LogP contribution in [-0.2, 0) is 0 Å². The first-order chi connectivity index (χ1) is 9.16. The molecule has 0 saturated heterocycles. The summed E-state index contributed by atoms with van der Waals surface area (Å²) in [6.07, 6.45) is 3.20. The van der Waals surface area contributed by atoms with E-state index < -0.39 is 0 Å². The van der Waals surface area contributed by atoms with E-state index in [2.05, 4.69) is 4.98 Å². The SMILES string of the molecule is Cc1ccc2oc(C(=O)c3cccnc3)c(C)c2c1. The van der Waals surface area contributed by atoms with Crippen molar-refractivity contribution in [2.24, 2.45) is 0 Å². The largest absolute Gasteiger partial charge is 0.452 e. The van der Waals surface area contributed by atoms with Crippen molar-refractivity contribution in [3.05, 3.63) is 65.2 Å².